The van der Waals surface area contributed by atoms with Crippen molar-refractivity contribution in [1.82, 2.24) is 25.0 Å². The highest BCUT2D eigenvalue weighted by Gasteiger charge is 2.36. The van der Waals surface area contributed by atoms with Gasteiger partial charge in [-0.25, -0.2) is 0 Å². The quantitative estimate of drug-likeness (QED) is 0.875. The first-order chi connectivity index (χ1) is 11.7. The molecule has 6 heteroatoms. The lowest BCUT2D eigenvalue weighted by molar-refractivity contribution is -0.140. The number of piperazine rings is 2. The Labute approximate surface area is 144 Å². The molecule has 2 saturated heterocycles. The largest absolute Gasteiger partial charge is 0.338 e. The fraction of sp³-hybridized carbons (Fsp3) is 0.667. The van der Waals surface area contributed by atoms with E-state index in [0.717, 1.165) is 57.8 Å². The molecule has 0 aromatic carbocycles. The number of hydrogen-bond acceptors (Lipinski definition) is 5. The van der Waals surface area contributed by atoms with Crippen LogP contribution < -0.4 is 5.32 Å². The Morgan fingerprint density at radius 2 is 1.96 bits per heavy atom. The second-order valence-corrected chi connectivity index (χ2v) is 6.82. The fourth-order valence-electron chi connectivity index (χ4n) is 3.72. The SMILES string of the molecule is CCC1CNCCN1C(C(=O)N1CCN(C)CC1)c1ccncc1. The van der Waals surface area contributed by atoms with Gasteiger partial charge in [-0.15, -0.1) is 0 Å². The number of carbonyl (C=O) groups is 1. The lowest BCUT2D eigenvalue weighted by atomic mass is 9.99. The molecule has 0 bridgehead atoms. The molecule has 0 spiro atoms. The topological polar surface area (TPSA) is 51.7 Å². The highest BCUT2D eigenvalue weighted by molar-refractivity contribution is 5.83. The van der Waals surface area contributed by atoms with Crippen molar-refractivity contribution < 1.29 is 4.79 Å². The van der Waals surface area contributed by atoms with Crippen LogP contribution in [0.5, 0.6) is 0 Å². The third-order valence-electron chi connectivity index (χ3n) is 5.27. The number of nitrogens with one attached hydrogen (secondary N) is 1. The number of carbonyl (C=O) groups excluding carboxylic acids is 1. The Hall–Kier alpha value is -1.50. The van der Waals surface area contributed by atoms with E-state index in [1.807, 2.05) is 17.0 Å². The maximum Gasteiger partial charge on any atom is 0.244 e. The Morgan fingerprint density at radius 3 is 2.62 bits per heavy atom. The van der Waals surface area contributed by atoms with E-state index < -0.39 is 0 Å². The van der Waals surface area contributed by atoms with Crippen LogP contribution in [-0.2, 0) is 4.79 Å². The lowest BCUT2D eigenvalue weighted by Gasteiger charge is -2.43. The van der Waals surface area contributed by atoms with E-state index >= 15 is 0 Å². The van der Waals surface area contributed by atoms with Crippen LogP contribution in [-0.4, -0.2) is 84.5 Å². The summed E-state index contributed by atoms with van der Waals surface area (Å²) in [5.74, 6) is 0.245. The van der Waals surface area contributed by atoms with E-state index in [0.29, 0.717) is 6.04 Å². The molecule has 1 N–H and O–H groups in total. The number of nitrogens with zero attached hydrogens (tertiary/aromatic N) is 4. The van der Waals surface area contributed by atoms with Gasteiger partial charge in [0.1, 0.15) is 6.04 Å². The van der Waals surface area contributed by atoms with Crippen molar-refractivity contribution >= 4 is 5.91 Å². The molecule has 0 radical (unpaired) electrons. The van der Waals surface area contributed by atoms with Gasteiger partial charge in [-0.3, -0.25) is 14.7 Å². The number of amides is 1. The minimum absolute atomic E-state index is 0.191. The van der Waals surface area contributed by atoms with Crippen LogP contribution in [0.25, 0.3) is 0 Å². The summed E-state index contributed by atoms with van der Waals surface area (Å²) < 4.78 is 0. The number of aromatic nitrogens is 1. The van der Waals surface area contributed by atoms with E-state index in [9.17, 15) is 4.79 Å². The number of hydrogen-bond donors (Lipinski definition) is 1. The van der Waals surface area contributed by atoms with Crippen molar-refractivity contribution in [3.8, 4) is 0 Å². The molecular formula is C18H29N5O. The van der Waals surface area contributed by atoms with E-state index in [4.69, 9.17) is 0 Å². The monoisotopic (exact) mass is 331 g/mol. The summed E-state index contributed by atoms with van der Waals surface area (Å²) in [5, 5.41) is 3.46. The van der Waals surface area contributed by atoms with Crippen molar-refractivity contribution in [1.29, 1.82) is 0 Å². The Morgan fingerprint density at radius 1 is 1.25 bits per heavy atom. The molecule has 1 aromatic heterocycles. The van der Waals surface area contributed by atoms with Gasteiger partial charge in [-0.2, -0.15) is 0 Å². The summed E-state index contributed by atoms with van der Waals surface area (Å²) >= 11 is 0. The molecule has 2 unspecified atom stereocenters. The molecule has 1 aromatic rings. The molecule has 2 aliphatic rings. The normalized spacial score (nSPS) is 24.8. The van der Waals surface area contributed by atoms with Crippen molar-refractivity contribution in [2.75, 3.05) is 52.9 Å². The first kappa shape index (κ1) is 17.3. The summed E-state index contributed by atoms with van der Waals surface area (Å²) in [5.41, 5.74) is 1.06. The minimum atomic E-state index is -0.191. The predicted molar refractivity (Wildman–Crippen MR) is 94.7 cm³/mol. The van der Waals surface area contributed by atoms with Crippen molar-refractivity contribution in [3.05, 3.63) is 30.1 Å². The zero-order chi connectivity index (χ0) is 16.9. The fourth-order valence-corrected chi connectivity index (χ4v) is 3.72. The van der Waals surface area contributed by atoms with Gasteiger partial charge in [0, 0.05) is 64.2 Å². The summed E-state index contributed by atoms with van der Waals surface area (Å²) in [6.07, 6.45) is 4.64. The van der Waals surface area contributed by atoms with E-state index in [-0.39, 0.29) is 11.9 Å². The second-order valence-electron chi connectivity index (χ2n) is 6.82. The number of rotatable bonds is 4. The zero-order valence-electron chi connectivity index (χ0n) is 14.8. The van der Waals surface area contributed by atoms with Crippen molar-refractivity contribution in [2.24, 2.45) is 0 Å². The van der Waals surface area contributed by atoms with Crippen LogP contribution in [0.3, 0.4) is 0 Å². The highest BCUT2D eigenvalue weighted by atomic mass is 16.2. The second kappa shape index (κ2) is 8.05. The molecule has 2 fully saturated rings. The van der Waals surface area contributed by atoms with Crippen LogP contribution in [0.15, 0.2) is 24.5 Å². The molecule has 2 aliphatic heterocycles. The average molecular weight is 331 g/mol. The van der Waals surface area contributed by atoms with Gasteiger partial charge in [-0.1, -0.05) is 6.92 Å². The molecule has 0 saturated carbocycles. The molecule has 132 valence electrons. The Balaban J connectivity index is 1.86. The van der Waals surface area contributed by atoms with E-state index in [1.54, 1.807) is 12.4 Å². The van der Waals surface area contributed by atoms with E-state index in [2.05, 4.69) is 34.1 Å². The number of likely N-dealkylation sites (N-methyl/N-ethyl adjacent to an activating group) is 1. The van der Waals surface area contributed by atoms with Gasteiger partial charge in [0.05, 0.1) is 0 Å². The molecular weight excluding hydrogens is 302 g/mol. The summed E-state index contributed by atoms with van der Waals surface area (Å²) in [6.45, 7) is 8.54. The van der Waals surface area contributed by atoms with Crippen molar-refractivity contribution in [2.45, 2.75) is 25.4 Å². The third kappa shape index (κ3) is 3.77. The van der Waals surface area contributed by atoms with Gasteiger partial charge in [-0.05, 0) is 31.2 Å². The average Bonchev–Trinajstić information content (AvgIpc) is 2.64. The zero-order valence-corrected chi connectivity index (χ0v) is 14.8. The molecule has 24 heavy (non-hydrogen) atoms. The molecule has 6 nitrogen and oxygen atoms in total. The molecule has 2 atom stereocenters. The summed E-state index contributed by atoms with van der Waals surface area (Å²) in [4.78, 5) is 24.2. The summed E-state index contributed by atoms with van der Waals surface area (Å²) in [6, 6.07) is 4.19. The number of pyridine rings is 1. The van der Waals surface area contributed by atoms with E-state index in [1.165, 1.54) is 0 Å². The van der Waals surface area contributed by atoms with Gasteiger partial charge in [0.15, 0.2) is 0 Å². The lowest BCUT2D eigenvalue weighted by Crippen LogP contribution is -2.57. The Bertz CT molecular complexity index is 529. The first-order valence-electron chi connectivity index (χ1n) is 9.04. The standard InChI is InChI=1S/C18H29N5O/c1-3-16-14-20-8-9-23(16)17(15-4-6-19-7-5-15)18(24)22-12-10-21(2)11-13-22/h4-7,16-17,20H,3,8-14H2,1-2H3. The molecule has 0 aliphatic carbocycles. The van der Waals surface area contributed by atoms with Gasteiger partial charge >= 0.3 is 0 Å². The molecule has 3 rings (SSSR count). The van der Waals surface area contributed by atoms with Crippen LogP contribution in [0.2, 0.25) is 0 Å². The first-order valence-corrected chi connectivity index (χ1v) is 9.04. The summed E-state index contributed by atoms with van der Waals surface area (Å²) in [7, 11) is 2.12. The van der Waals surface area contributed by atoms with Gasteiger partial charge < -0.3 is 15.1 Å². The molecule has 3 heterocycles. The van der Waals surface area contributed by atoms with Crippen molar-refractivity contribution in [3.63, 3.8) is 0 Å². The maximum absolute atomic E-state index is 13.4. The minimum Gasteiger partial charge on any atom is -0.338 e. The van der Waals surface area contributed by atoms with Crippen LogP contribution >= 0.6 is 0 Å². The van der Waals surface area contributed by atoms with Crippen LogP contribution in [0.1, 0.15) is 24.9 Å². The maximum atomic E-state index is 13.4. The third-order valence-corrected chi connectivity index (χ3v) is 5.27. The Kier molecular flexibility index (Phi) is 5.81. The smallest absolute Gasteiger partial charge is 0.244 e. The van der Waals surface area contributed by atoms with Crippen LogP contribution in [0.4, 0.5) is 0 Å². The predicted octanol–water partition coefficient (Wildman–Crippen LogP) is 0.581. The highest BCUT2D eigenvalue weighted by Crippen LogP contribution is 2.27. The van der Waals surface area contributed by atoms with Gasteiger partial charge in [0.2, 0.25) is 5.91 Å². The van der Waals surface area contributed by atoms with Crippen LogP contribution in [0, 0.1) is 0 Å². The molecule has 1 amide bonds. The van der Waals surface area contributed by atoms with Gasteiger partial charge in [0.25, 0.3) is 0 Å².